The van der Waals surface area contributed by atoms with Crippen molar-refractivity contribution in [1.82, 2.24) is 4.90 Å². The molecule has 1 atom stereocenters. The van der Waals surface area contributed by atoms with Crippen LogP contribution in [0.1, 0.15) is 34.6 Å². The zero-order valence-electron chi connectivity index (χ0n) is 9.83. The third-order valence-electron chi connectivity index (χ3n) is 2.56. The average molecular weight is 199 g/mol. The number of hydrogen-bond acceptors (Lipinski definition) is 2. The van der Waals surface area contributed by atoms with E-state index in [1.165, 1.54) is 0 Å². The van der Waals surface area contributed by atoms with E-state index in [4.69, 9.17) is 4.74 Å². The van der Waals surface area contributed by atoms with Crippen LogP contribution in [0.3, 0.4) is 0 Å². The highest BCUT2D eigenvalue weighted by molar-refractivity contribution is 5.74. The highest BCUT2D eigenvalue weighted by Gasteiger charge is 2.34. The van der Waals surface area contributed by atoms with Crippen LogP contribution < -0.4 is 0 Å². The second kappa shape index (κ2) is 3.89. The number of hydrogen-bond donors (Lipinski definition) is 0. The van der Waals surface area contributed by atoms with Gasteiger partial charge in [-0.2, -0.15) is 0 Å². The Morgan fingerprint density at radius 2 is 1.93 bits per heavy atom. The third-order valence-corrected chi connectivity index (χ3v) is 2.56. The molecule has 1 unspecified atom stereocenters. The second-order valence-electron chi connectivity index (χ2n) is 5.12. The van der Waals surface area contributed by atoms with Crippen molar-refractivity contribution in [2.75, 3.05) is 13.1 Å². The monoisotopic (exact) mass is 199 g/mol. The molecule has 1 aliphatic rings. The number of carbonyl (C=O) groups is 1. The summed E-state index contributed by atoms with van der Waals surface area (Å²) in [6.45, 7) is 11.6. The standard InChI is InChI=1S/C11H21NO2/c1-8(14-11(3,4)5)10-6-12(7-10)9(2)13/h8,10H,6-7H2,1-5H3. The number of carbonyl (C=O) groups excluding carboxylic acids is 1. The fourth-order valence-corrected chi connectivity index (χ4v) is 1.72. The molecular formula is C11H21NO2. The summed E-state index contributed by atoms with van der Waals surface area (Å²) in [5, 5.41) is 0. The van der Waals surface area contributed by atoms with Gasteiger partial charge in [-0.05, 0) is 27.7 Å². The van der Waals surface area contributed by atoms with E-state index in [0.29, 0.717) is 5.92 Å². The first-order chi connectivity index (χ1) is 6.29. The van der Waals surface area contributed by atoms with Gasteiger partial charge in [-0.25, -0.2) is 0 Å². The van der Waals surface area contributed by atoms with Gasteiger partial charge in [0.15, 0.2) is 0 Å². The van der Waals surface area contributed by atoms with E-state index >= 15 is 0 Å². The van der Waals surface area contributed by atoms with Crippen LogP contribution in [0.15, 0.2) is 0 Å². The number of ether oxygens (including phenoxy) is 1. The molecule has 14 heavy (non-hydrogen) atoms. The minimum atomic E-state index is -0.0872. The van der Waals surface area contributed by atoms with E-state index < -0.39 is 0 Å². The quantitative estimate of drug-likeness (QED) is 0.677. The van der Waals surface area contributed by atoms with Gasteiger partial charge in [0.2, 0.25) is 5.91 Å². The Morgan fingerprint density at radius 3 is 2.29 bits per heavy atom. The maximum Gasteiger partial charge on any atom is 0.219 e. The maximum absolute atomic E-state index is 11.0. The molecule has 1 aliphatic heterocycles. The predicted octanol–water partition coefficient (Wildman–Crippen LogP) is 1.67. The number of nitrogens with zero attached hydrogens (tertiary/aromatic N) is 1. The van der Waals surface area contributed by atoms with Crippen LogP contribution >= 0.6 is 0 Å². The van der Waals surface area contributed by atoms with Crippen molar-refractivity contribution in [1.29, 1.82) is 0 Å². The summed E-state index contributed by atoms with van der Waals surface area (Å²) in [5.74, 6) is 0.683. The lowest BCUT2D eigenvalue weighted by molar-refractivity contribution is -0.145. The van der Waals surface area contributed by atoms with Gasteiger partial charge in [0.05, 0.1) is 11.7 Å². The first-order valence-corrected chi connectivity index (χ1v) is 5.23. The van der Waals surface area contributed by atoms with Gasteiger partial charge in [0, 0.05) is 25.9 Å². The largest absolute Gasteiger partial charge is 0.372 e. The maximum atomic E-state index is 11.0. The molecular weight excluding hydrogens is 178 g/mol. The van der Waals surface area contributed by atoms with E-state index in [0.717, 1.165) is 13.1 Å². The zero-order chi connectivity index (χ0) is 10.9. The number of likely N-dealkylation sites (tertiary alicyclic amines) is 1. The van der Waals surface area contributed by atoms with Crippen LogP contribution in [0.5, 0.6) is 0 Å². The summed E-state index contributed by atoms with van der Waals surface area (Å²) in [5.41, 5.74) is -0.0872. The summed E-state index contributed by atoms with van der Waals surface area (Å²) in [6.07, 6.45) is 0.241. The Kier molecular flexibility index (Phi) is 3.20. The van der Waals surface area contributed by atoms with E-state index in [1.807, 2.05) is 4.90 Å². The Bertz CT molecular complexity index is 214. The zero-order valence-corrected chi connectivity index (χ0v) is 9.83. The lowest BCUT2D eigenvalue weighted by Crippen LogP contribution is -2.54. The normalized spacial score (nSPS) is 20.5. The van der Waals surface area contributed by atoms with Crippen molar-refractivity contribution in [2.24, 2.45) is 5.92 Å². The number of amides is 1. The molecule has 1 fully saturated rings. The summed E-state index contributed by atoms with van der Waals surface area (Å²) in [7, 11) is 0. The van der Waals surface area contributed by atoms with Crippen LogP contribution in [-0.4, -0.2) is 35.6 Å². The van der Waals surface area contributed by atoms with Gasteiger partial charge in [-0.1, -0.05) is 0 Å². The Labute approximate surface area is 86.4 Å². The summed E-state index contributed by atoms with van der Waals surface area (Å²) >= 11 is 0. The molecule has 0 bridgehead atoms. The first kappa shape index (κ1) is 11.5. The van der Waals surface area contributed by atoms with E-state index in [1.54, 1.807) is 6.92 Å². The summed E-state index contributed by atoms with van der Waals surface area (Å²) in [4.78, 5) is 12.8. The highest BCUT2D eigenvalue weighted by atomic mass is 16.5. The number of rotatable bonds is 2. The van der Waals surface area contributed by atoms with Crippen molar-refractivity contribution in [2.45, 2.75) is 46.3 Å². The average Bonchev–Trinajstić information content (AvgIpc) is 1.75. The molecule has 0 aromatic carbocycles. The van der Waals surface area contributed by atoms with Crippen LogP contribution in [0, 0.1) is 5.92 Å². The fourth-order valence-electron chi connectivity index (χ4n) is 1.72. The third kappa shape index (κ3) is 2.98. The Balaban J connectivity index is 2.29. The van der Waals surface area contributed by atoms with Gasteiger partial charge in [-0.15, -0.1) is 0 Å². The van der Waals surface area contributed by atoms with Crippen molar-refractivity contribution in [3.05, 3.63) is 0 Å². The Hall–Kier alpha value is -0.570. The highest BCUT2D eigenvalue weighted by Crippen LogP contribution is 2.24. The van der Waals surface area contributed by atoms with Crippen LogP contribution in [0.4, 0.5) is 0 Å². The van der Waals surface area contributed by atoms with Crippen molar-refractivity contribution >= 4 is 5.91 Å². The minimum absolute atomic E-state index is 0.0872. The van der Waals surface area contributed by atoms with Crippen molar-refractivity contribution < 1.29 is 9.53 Å². The topological polar surface area (TPSA) is 29.5 Å². The predicted molar refractivity (Wildman–Crippen MR) is 56.0 cm³/mol. The summed E-state index contributed by atoms with van der Waals surface area (Å²) in [6, 6.07) is 0. The van der Waals surface area contributed by atoms with Gasteiger partial charge in [0.1, 0.15) is 0 Å². The molecule has 0 aromatic heterocycles. The molecule has 0 aromatic rings. The molecule has 0 aliphatic carbocycles. The molecule has 0 N–H and O–H groups in total. The van der Waals surface area contributed by atoms with Crippen LogP contribution in [-0.2, 0) is 9.53 Å². The molecule has 3 heteroatoms. The van der Waals surface area contributed by atoms with E-state index in [9.17, 15) is 4.79 Å². The molecule has 82 valence electrons. The minimum Gasteiger partial charge on any atom is -0.372 e. The molecule has 1 rings (SSSR count). The van der Waals surface area contributed by atoms with Gasteiger partial charge in [0.25, 0.3) is 0 Å². The molecule has 3 nitrogen and oxygen atoms in total. The SMILES string of the molecule is CC(=O)N1CC(C(C)OC(C)(C)C)C1. The van der Waals surface area contributed by atoms with Gasteiger partial charge in [-0.3, -0.25) is 4.79 Å². The first-order valence-electron chi connectivity index (χ1n) is 5.23. The van der Waals surface area contributed by atoms with Crippen molar-refractivity contribution in [3.8, 4) is 0 Å². The lowest BCUT2D eigenvalue weighted by atomic mass is 9.94. The second-order valence-corrected chi connectivity index (χ2v) is 5.12. The molecule has 1 amide bonds. The van der Waals surface area contributed by atoms with Crippen LogP contribution in [0.2, 0.25) is 0 Å². The molecule has 1 saturated heterocycles. The van der Waals surface area contributed by atoms with Crippen LogP contribution in [0.25, 0.3) is 0 Å². The lowest BCUT2D eigenvalue weighted by Gasteiger charge is -2.43. The molecule has 0 saturated carbocycles. The van der Waals surface area contributed by atoms with E-state index in [-0.39, 0.29) is 17.6 Å². The molecule has 0 spiro atoms. The molecule has 0 radical (unpaired) electrons. The fraction of sp³-hybridized carbons (Fsp3) is 0.909. The smallest absolute Gasteiger partial charge is 0.219 e. The van der Waals surface area contributed by atoms with Crippen molar-refractivity contribution in [3.63, 3.8) is 0 Å². The van der Waals surface area contributed by atoms with Gasteiger partial charge >= 0.3 is 0 Å². The van der Waals surface area contributed by atoms with Gasteiger partial charge < -0.3 is 9.64 Å². The Morgan fingerprint density at radius 1 is 1.43 bits per heavy atom. The van der Waals surface area contributed by atoms with E-state index in [2.05, 4.69) is 27.7 Å². The molecule has 1 heterocycles. The summed E-state index contributed by atoms with van der Waals surface area (Å²) < 4.78 is 5.83.